The van der Waals surface area contributed by atoms with Gasteiger partial charge in [0.2, 0.25) is 0 Å². The Bertz CT molecular complexity index is 289. The molecule has 0 bridgehead atoms. The highest BCUT2D eigenvalue weighted by atomic mass is 16.5. The Morgan fingerprint density at radius 1 is 0.727 bits per heavy atom. The number of unbranched alkanes of at least 4 members (excludes halogenated alkanes) is 5. The Balaban J connectivity index is 3.31. The molecule has 0 aromatic rings. The summed E-state index contributed by atoms with van der Waals surface area (Å²) < 4.78 is 9.83. The predicted octanol–water partition coefficient (Wildman–Crippen LogP) is 4.65. The Morgan fingerprint density at radius 2 is 1.23 bits per heavy atom. The minimum absolute atomic E-state index is 0.0714. The van der Waals surface area contributed by atoms with Crippen LogP contribution in [-0.4, -0.2) is 25.2 Å². The Kier molecular flexibility index (Phi) is 14.1. The van der Waals surface area contributed by atoms with Gasteiger partial charge in [0.25, 0.3) is 0 Å². The molecule has 0 aliphatic carbocycles. The lowest BCUT2D eigenvalue weighted by atomic mass is 9.97. The Morgan fingerprint density at radius 3 is 1.82 bits per heavy atom. The largest absolute Gasteiger partial charge is 0.466 e. The van der Waals surface area contributed by atoms with E-state index in [-0.39, 0.29) is 11.9 Å². The highest BCUT2D eigenvalue weighted by Crippen LogP contribution is 2.16. The zero-order valence-electron chi connectivity index (χ0n) is 14.7. The highest BCUT2D eigenvalue weighted by molar-refractivity contribution is 5.69. The fourth-order valence-corrected chi connectivity index (χ4v) is 2.44. The van der Waals surface area contributed by atoms with Crippen molar-refractivity contribution in [2.24, 2.45) is 5.92 Å². The number of hydrogen-bond acceptors (Lipinski definition) is 4. The van der Waals surface area contributed by atoms with Crippen LogP contribution >= 0.6 is 0 Å². The van der Waals surface area contributed by atoms with E-state index in [0.29, 0.717) is 32.0 Å². The molecule has 0 aliphatic rings. The van der Waals surface area contributed by atoms with Crippen molar-refractivity contribution < 1.29 is 19.1 Å². The summed E-state index contributed by atoms with van der Waals surface area (Å²) in [5, 5.41) is 0. The van der Waals surface area contributed by atoms with E-state index >= 15 is 0 Å². The predicted molar refractivity (Wildman–Crippen MR) is 88.6 cm³/mol. The van der Waals surface area contributed by atoms with Gasteiger partial charge in [-0.3, -0.25) is 9.59 Å². The van der Waals surface area contributed by atoms with Crippen molar-refractivity contribution >= 4 is 11.9 Å². The maximum absolute atomic E-state index is 11.3. The van der Waals surface area contributed by atoms with Crippen LogP contribution in [0.5, 0.6) is 0 Å². The molecule has 0 saturated heterocycles. The monoisotopic (exact) mass is 314 g/mol. The molecule has 0 radical (unpaired) electrons. The second-order valence-corrected chi connectivity index (χ2v) is 5.91. The van der Waals surface area contributed by atoms with E-state index in [1.165, 1.54) is 32.1 Å². The number of rotatable bonds is 14. The third kappa shape index (κ3) is 13.9. The van der Waals surface area contributed by atoms with Gasteiger partial charge in [-0.15, -0.1) is 0 Å². The SMILES string of the molecule is CCOC(=O)CCCCCCCCC(C)CCC(=O)OCC. The standard InChI is InChI=1S/C18H34O4/c1-4-21-17(19)13-11-9-7-6-8-10-12-16(3)14-15-18(20)22-5-2/h16H,4-15H2,1-3H3. The normalized spacial score (nSPS) is 12.0. The fraction of sp³-hybridized carbons (Fsp3) is 0.889. The van der Waals surface area contributed by atoms with E-state index < -0.39 is 0 Å². The van der Waals surface area contributed by atoms with Gasteiger partial charge in [0, 0.05) is 12.8 Å². The van der Waals surface area contributed by atoms with Gasteiger partial charge in [-0.05, 0) is 32.6 Å². The molecule has 0 fully saturated rings. The molecular formula is C18H34O4. The van der Waals surface area contributed by atoms with Gasteiger partial charge >= 0.3 is 11.9 Å². The quantitative estimate of drug-likeness (QED) is 0.346. The van der Waals surface area contributed by atoms with Gasteiger partial charge in [0.1, 0.15) is 0 Å². The summed E-state index contributed by atoms with van der Waals surface area (Å²) in [6.45, 7) is 6.84. The average molecular weight is 314 g/mol. The van der Waals surface area contributed by atoms with Gasteiger partial charge in [-0.1, -0.05) is 45.4 Å². The van der Waals surface area contributed by atoms with Gasteiger partial charge in [-0.25, -0.2) is 0 Å². The molecule has 0 saturated carbocycles. The molecule has 0 amide bonds. The van der Waals surface area contributed by atoms with Gasteiger partial charge in [0.15, 0.2) is 0 Å². The topological polar surface area (TPSA) is 52.6 Å². The molecule has 0 aliphatic heterocycles. The number of ether oxygens (including phenoxy) is 2. The Labute approximate surface area is 135 Å². The zero-order valence-corrected chi connectivity index (χ0v) is 14.7. The van der Waals surface area contributed by atoms with Crippen LogP contribution < -0.4 is 0 Å². The van der Waals surface area contributed by atoms with Crippen LogP contribution in [0.15, 0.2) is 0 Å². The van der Waals surface area contributed by atoms with Crippen LogP contribution in [-0.2, 0) is 19.1 Å². The van der Waals surface area contributed by atoms with Crippen LogP contribution in [0.2, 0.25) is 0 Å². The summed E-state index contributed by atoms with van der Waals surface area (Å²) in [5.41, 5.74) is 0. The van der Waals surface area contributed by atoms with E-state index in [1.54, 1.807) is 0 Å². The summed E-state index contributed by atoms with van der Waals surface area (Å²) >= 11 is 0. The average Bonchev–Trinajstić information content (AvgIpc) is 2.48. The van der Waals surface area contributed by atoms with Crippen LogP contribution in [0.25, 0.3) is 0 Å². The molecule has 4 heteroatoms. The molecule has 1 atom stereocenters. The van der Waals surface area contributed by atoms with E-state index in [4.69, 9.17) is 9.47 Å². The Hall–Kier alpha value is -1.06. The molecule has 22 heavy (non-hydrogen) atoms. The first-order chi connectivity index (χ1) is 10.6. The second kappa shape index (κ2) is 14.9. The first-order valence-corrected chi connectivity index (χ1v) is 8.91. The van der Waals surface area contributed by atoms with Crippen molar-refractivity contribution in [3.05, 3.63) is 0 Å². The first kappa shape index (κ1) is 20.9. The van der Waals surface area contributed by atoms with Gasteiger partial charge < -0.3 is 9.47 Å². The third-order valence-corrected chi connectivity index (χ3v) is 3.78. The molecule has 0 aromatic heterocycles. The van der Waals surface area contributed by atoms with Crippen molar-refractivity contribution in [3.8, 4) is 0 Å². The zero-order chi connectivity index (χ0) is 16.6. The summed E-state index contributed by atoms with van der Waals surface area (Å²) in [4.78, 5) is 22.4. The lowest BCUT2D eigenvalue weighted by Crippen LogP contribution is -2.06. The van der Waals surface area contributed by atoms with Crippen LogP contribution in [0.1, 0.15) is 85.0 Å². The summed E-state index contributed by atoms with van der Waals surface area (Å²) in [5.74, 6) is 0.446. The maximum atomic E-state index is 11.3. The van der Waals surface area contributed by atoms with Crippen molar-refractivity contribution in [1.82, 2.24) is 0 Å². The molecule has 4 nitrogen and oxygen atoms in total. The van der Waals surface area contributed by atoms with Crippen LogP contribution in [0.3, 0.4) is 0 Å². The van der Waals surface area contributed by atoms with Crippen molar-refractivity contribution in [1.29, 1.82) is 0 Å². The van der Waals surface area contributed by atoms with Gasteiger partial charge in [0.05, 0.1) is 13.2 Å². The first-order valence-electron chi connectivity index (χ1n) is 8.91. The van der Waals surface area contributed by atoms with E-state index in [9.17, 15) is 9.59 Å². The van der Waals surface area contributed by atoms with Crippen molar-refractivity contribution in [3.63, 3.8) is 0 Å². The number of hydrogen-bond donors (Lipinski definition) is 0. The maximum Gasteiger partial charge on any atom is 0.305 e. The lowest BCUT2D eigenvalue weighted by Gasteiger charge is -2.10. The van der Waals surface area contributed by atoms with E-state index in [2.05, 4.69) is 6.92 Å². The number of esters is 2. The molecule has 130 valence electrons. The van der Waals surface area contributed by atoms with Gasteiger partial charge in [-0.2, -0.15) is 0 Å². The minimum atomic E-state index is -0.0732. The summed E-state index contributed by atoms with van der Waals surface area (Å²) in [7, 11) is 0. The number of carbonyl (C=O) groups excluding carboxylic acids is 2. The third-order valence-electron chi connectivity index (χ3n) is 3.78. The van der Waals surface area contributed by atoms with E-state index in [0.717, 1.165) is 19.3 Å². The molecular weight excluding hydrogens is 280 g/mol. The summed E-state index contributed by atoms with van der Waals surface area (Å²) in [6, 6.07) is 0. The van der Waals surface area contributed by atoms with Crippen LogP contribution in [0, 0.1) is 5.92 Å². The number of carbonyl (C=O) groups is 2. The minimum Gasteiger partial charge on any atom is -0.466 e. The lowest BCUT2D eigenvalue weighted by molar-refractivity contribution is -0.144. The van der Waals surface area contributed by atoms with E-state index in [1.807, 2.05) is 13.8 Å². The van der Waals surface area contributed by atoms with Crippen molar-refractivity contribution in [2.75, 3.05) is 13.2 Å². The second-order valence-electron chi connectivity index (χ2n) is 5.91. The molecule has 1 unspecified atom stereocenters. The van der Waals surface area contributed by atoms with Crippen molar-refractivity contribution in [2.45, 2.75) is 85.0 Å². The molecule has 0 N–H and O–H groups in total. The molecule has 0 aromatic carbocycles. The fourth-order valence-electron chi connectivity index (χ4n) is 2.44. The van der Waals surface area contributed by atoms with Crippen LogP contribution in [0.4, 0.5) is 0 Å². The highest BCUT2D eigenvalue weighted by Gasteiger charge is 2.07. The summed E-state index contributed by atoms with van der Waals surface area (Å²) in [6.07, 6.45) is 10.1. The molecule has 0 rings (SSSR count). The molecule has 0 heterocycles. The smallest absolute Gasteiger partial charge is 0.305 e. The molecule has 0 spiro atoms.